The maximum atomic E-state index is 13.2. The molecule has 4 rings (SSSR count). The Morgan fingerprint density at radius 3 is 2.50 bits per heavy atom. The van der Waals surface area contributed by atoms with Crippen LogP contribution >= 0.6 is 0 Å². The van der Waals surface area contributed by atoms with E-state index < -0.39 is 10.0 Å². The number of methoxy groups -OCH3 is 1. The summed E-state index contributed by atoms with van der Waals surface area (Å²) in [6, 6.07) is 20.8. The molecule has 3 aromatic rings. The number of ether oxygens (including phenoxy) is 1. The number of amides is 1. The Hall–Kier alpha value is -3.83. The van der Waals surface area contributed by atoms with Gasteiger partial charge in [-0.25, -0.2) is 8.42 Å². The Kier molecular flexibility index (Phi) is 6.85. The van der Waals surface area contributed by atoms with E-state index in [1.54, 1.807) is 41.3 Å². The summed E-state index contributed by atoms with van der Waals surface area (Å²) in [6.07, 6.45) is 2.40. The van der Waals surface area contributed by atoms with E-state index in [2.05, 4.69) is 10.8 Å². The fourth-order valence-electron chi connectivity index (χ4n) is 4.07. The van der Waals surface area contributed by atoms with Gasteiger partial charge in [-0.2, -0.15) is 5.26 Å². The third-order valence-electron chi connectivity index (χ3n) is 5.84. The molecule has 0 aromatic heterocycles. The fourth-order valence-corrected chi connectivity index (χ4v) is 5.14. The molecule has 7 nitrogen and oxygen atoms in total. The lowest BCUT2D eigenvalue weighted by Gasteiger charge is -2.32. The van der Waals surface area contributed by atoms with E-state index in [0.29, 0.717) is 35.7 Å². The molecular formula is C26H25N3O4S. The number of para-hydroxylation sites is 1. The maximum Gasteiger partial charge on any atom is 0.261 e. The SMILES string of the molecule is COc1ccc(S(=O)(=O)Nc2cccc3c2N(C(=O)CCc2ccc(C#N)cc2)CCC3)cc1. The number of hydrogen-bond donors (Lipinski definition) is 1. The van der Waals surface area contributed by atoms with Gasteiger partial charge in [-0.3, -0.25) is 9.52 Å². The molecule has 8 heteroatoms. The molecule has 0 aliphatic carbocycles. The Balaban J connectivity index is 1.56. The second-order valence-electron chi connectivity index (χ2n) is 8.05. The second kappa shape index (κ2) is 9.98. The molecule has 174 valence electrons. The van der Waals surface area contributed by atoms with Gasteiger partial charge in [-0.15, -0.1) is 0 Å². The predicted molar refractivity (Wildman–Crippen MR) is 130 cm³/mol. The van der Waals surface area contributed by atoms with E-state index in [9.17, 15) is 13.2 Å². The molecule has 0 bridgehead atoms. The molecule has 1 heterocycles. The lowest BCUT2D eigenvalue weighted by atomic mass is 9.99. The van der Waals surface area contributed by atoms with Gasteiger partial charge in [0.1, 0.15) is 5.75 Å². The van der Waals surface area contributed by atoms with Gasteiger partial charge < -0.3 is 9.64 Å². The topological polar surface area (TPSA) is 99.5 Å². The van der Waals surface area contributed by atoms with Crippen molar-refractivity contribution in [2.45, 2.75) is 30.6 Å². The highest BCUT2D eigenvalue weighted by molar-refractivity contribution is 7.92. The van der Waals surface area contributed by atoms with Crippen LogP contribution in [-0.4, -0.2) is 28.0 Å². The highest BCUT2D eigenvalue weighted by atomic mass is 32.2. The minimum atomic E-state index is -3.85. The maximum absolute atomic E-state index is 13.2. The summed E-state index contributed by atoms with van der Waals surface area (Å²) in [7, 11) is -2.33. The number of fused-ring (bicyclic) bond motifs is 1. The van der Waals surface area contributed by atoms with Crippen LogP contribution in [-0.2, 0) is 27.7 Å². The lowest BCUT2D eigenvalue weighted by molar-refractivity contribution is -0.118. The molecule has 1 aliphatic rings. The summed E-state index contributed by atoms with van der Waals surface area (Å²) in [6.45, 7) is 0.528. The highest BCUT2D eigenvalue weighted by Gasteiger charge is 2.27. The van der Waals surface area contributed by atoms with Gasteiger partial charge in [-0.1, -0.05) is 24.3 Å². The second-order valence-corrected chi connectivity index (χ2v) is 9.73. The van der Waals surface area contributed by atoms with Crippen molar-refractivity contribution in [1.29, 1.82) is 5.26 Å². The van der Waals surface area contributed by atoms with Crippen molar-refractivity contribution < 1.29 is 17.9 Å². The van der Waals surface area contributed by atoms with Crippen LogP contribution in [0.5, 0.6) is 5.75 Å². The quantitative estimate of drug-likeness (QED) is 0.550. The fraction of sp³-hybridized carbons (Fsp3) is 0.231. The van der Waals surface area contributed by atoms with E-state index in [0.717, 1.165) is 24.0 Å². The third-order valence-corrected chi connectivity index (χ3v) is 7.22. The van der Waals surface area contributed by atoms with Crippen LogP contribution in [0, 0.1) is 11.3 Å². The highest BCUT2D eigenvalue weighted by Crippen LogP contribution is 2.36. The lowest BCUT2D eigenvalue weighted by Crippen LogP contribution is -2.36. The third kappa shape index (κ3) is 5.05. The number of anilines is 2. The van der Waals surface area contributed by atoms with Crippen molar-refractivity contribution in [1.82, 2.24) is 0 Å². The normalized spacial score (nSPS) is 13.0. The van der Waals surface area contributed by atoms with E-state index in [4.69, 9.17) is 10.00 Å². The zero-order valence-electron chi connectivity index (χ0n) is 18.8. The summed E-state index contributed by atoms with van der Waals surface area (Å²) < 4.78 is 33.9. The summed E-state index contributed by atoms with van der Waals surface area (Å²) >= 11 is 0. The number of hydrogen-bond acceptors (Lipinski definition) is 5. The molecule has 34 heavy (non-hydrogen) atoms. The van der Waals surface area contributed by atoms with Gasteiger partial charge >= 0.3 is 0 Å². The zero-order chi connectivity index (χ0) is 24.1. The van der Waals surface area contributed by atoms with Crippen LogP contribution in [0.4, 0.5) is 11.4 Å². The molecule has 0 spiro atoms. The molecular weight excluding hydrogens is 450 g/mol. The first-order valence-corrected chi connectivity index (χ1v) is 12.5. The molecule has 0 atom stereocenters. The number of sulfonamides is 1. The van der Waals surface area contributed by atoms with Crippen LogP contribution in [0.25, 0.3) is 0 Å². The minimum absolute atomic E-state index is 0.0681. The number of benzene rings is 3. The smallest absolute Gasteiger partial charge is 0.261 e. The molecule has 1 aliphatic heterocycles. The minimum Gasteiger partial charge on any atom is -0.497 e. The van der Waals surface area contributed by atoms with Crippen molar-refractivity contribution in [3.05, 3.63) is 83.4 Å². The van der Waals surface area contributed by atoms with Gasteiger partial charge in [0.05, 0.1) is 35.0 Å². The first-order chi connectivity index (χ1) is 16.4. The molecule has 0 radical (unpaired) electrons. The van der Waals surface area contributed by atoms with Gasteiger partial charge in [0.25, 0.3) is 10.0 Å². The Morgan fingerprint density at radius 1 is 1.09 bits per heavy atom. The van der Waals surface area contributed by atoms with E-state index >= 15 is 0 Å². The number of rotatable bonds is 7. The van der Waals surface area contributed by atoms with Crippen molar-refractivity contribution in [2.75, 3.05) is 23.3 Å². The average Bonchev–Trinajstić information content (AvgIpc) is 2.87. The molecule has 1 N–H and O–H groups in total. The van der Waals surface area contributed by atoms with Crippen LogP contribution in [0.1, 0.15) is 29.5 Å². The monoisotopic (exact) mass is 475 g/mol. The number of aryl methyl sites for hydroxylation is 2. The molecule has 0 unspecified atom stereocenters. The van der Waals surface area contributed by atoms with Crippen molar-refractivity contribution >= 4 is 27.3 Å². The summed E-state index contributed by atoms with van der Waals surface area (Å²) in [5, 5.41) is 8.95. The molecule has 0 fully saturated rings. The molecule has 0 saturated heterocycles. The average molecular weight is 476 g/mol. The molecule has 1 amide bonds. The van der Waals surface area contributed by atoms with Crippen LogP contribution in [0.2, 0.25) is 0 Å². The summed E-state index contributed by atoms with van der Waals surface area (Å²) in [5.41, 5.74) is 3.50. The number of nitrogens with zero attached hydrogens (tertiary/aromatic N) is 2. The summed E-state index contributed by atoms with van der Waals surface area (Å²) in [4.78, 5) is 15.0. The van der Waals surface area contributed by atoms with E-state index in [1.807, 2.05) is 18.2 Å². The zero-order valence-corrected chi connectivity index (χ0v) is 19.6. The van der Waals surface area contributed by atoms with Crippen molar-refractivity contribution in [3.8, 4) is 11.8 Å². The number of nitriles is 1. The first kappa shape index (κ1) is 23.3. The van der Waals surface area contributed by atoms with E-state index in [1.165, 1.54) is 19.2 Å². The van der Waals surface area contributed by atoms with Gasteiger partial charge in [0.15, 0.2) is 0 Å². The number of carbonyl (C=O) groups is 1. The van der Waals surface area contributed by atoms with Gasteiger partial charge in [-0.05, 0) is 72.9 Å². The number of carbonyl (C=O) groups excluding carboxylic acids is 1. The number of nitrogens with one attached hydrogen (secondary N) is 1. The first-order valence-electron chi connectivity index (χ1n) is 11.0. The molecule has 3 aromatic carbocycles. The Bertz CT molecular complexity index is 1330. The van der Waals surface area contributed by atoms with Crippen LogP contribution < -0.4 is 14.4 Å². The predicted octanol–water partition coefficient (Wildman–Crippen LogP) is 4.28. The van der Waals surface area contributed by atoms with Crippen molar-refractivity contribution in [3.63, 3.8) is 0 Å². The molecule has 0 saturated carbocycles. The van der Waals surface area contributed by atoms with Gasteiger partial charge in [0.2, 0.25) is 5.91 Å². The van der Waals surface area contributed by atoms with Crippen molar-refractivity contribution in [2.24, 2.45) is 0 Å². The Labute approximate surface area is 199 Å². The van der Waals surface area contributed by atoms with Gasteiger partial charge in [0, 0.05) is 13.0 Å². The summed E-state index contributed by atoms with van der Waals surface area (Å²) in [5.74, 6) is 0.497. The van der Waals surface area contributed by atoms with E-state index in [-0.39, 0.29) is 17.2 Å². The largest absolute Gasteiger partial charge is 0.497 e. The Morgan fingerprint density at radius 2 is 1.82 bits per heavy atom. The standard InChI is InChI=1S/C26H25N3O4S/c1-33-22-12-14-23(15-13-22)34(31,32)28-24-6-2-4-21-5-3-17-29(26(21)24)25(30)16-11-19-7-9-20(18-27)10-8-19/h2,4,6-10,12-15,28H,3,5,11,16-17H2,1H3. The van der Waals surface area contributed by atoms with Crippen LogP contribution in [0.3, 0.4) is 0 Å². The van der Waals surface area contributed by atoms with Crippen LogP contribution in [0.15, 0.2) is 71.6 Å².